The number of rotatable bonds is 5. The van der Waals surface area contributed by atoms with E-state index < -0.39 is 15.6 Å². The second-order valence-electron chi connectivity index (χ2n) is 7.25. The first-order valence-corrected chi connectivity index (χ1v) is 9.74. The number of anilines is 2. The first kappa shape index (κ1) is 23.0. The number of nitrogens with two attached hydrogens (primary N) is 1. The highest BCUT2D eigenvalue weighted by Crippen LogP contribution is 2.24. The van der Waals surface area contributed by atoms with Crippen LogP contribution in [0.2, 0.25) is 0 Å². The molecule has 0 aromatic heterocycles. The fourth-order valence-corrected chi connectivity index (χ4v) is 4.20. The van der Waals surface area contributed by atoms with Gasteiger partial charge < -0.3 is 11.1 Å². The molecule has 0 spiro atoms. The van der Waals surface area contributed by atoms with Crippen LogP contribution in [0.15, 0.2) is 47.4 Å². The molecule has 0 fully saturated rings. The quantitative estimate of drug-likeness (QED) is 0.657. The maximum Gasteiger partial charge on any atom is 0.241 e. The van der Waals surface area contributed by atoms with Crippen LogP contribution in [0.4, 0.5) is 11.4 Å². The highest BCUT2D eigenvalue weighted by Gasteiger charge is 2.24. The molecule has 2 rings (SSSR count). The van der Waals surface area contributed by atoms with Crippen LogP contribution in [-0.4, -0.2) is 19.9 Å². The average Bonchev–Trinajstić information content (AvgIpc) is 2.49. The third kappa shape index (κ3) is 6.53. The molecule has 2 aromatic rings. The Labute approximate surface area is 167 Å². The van der Waals surface area contributed by atoms with Crippen molar-refractivity contribution in [2.45, 2.75) is 44.6 Å². The highest BCUT2D eigenvalue weighted by molar-refractivity contribution is 7.89. The molecule has 0 radical (unpaired) electrons. The second-order valence-corrected chi connectivity index (χ2v) is 8.90. The normalized spacial score (nSPS) is 11.6. The fourth-order valence-electron chi connectivity index (χ4n) is 2.51. The summed E-state index contributed by atoms with van der Waals surface area (Å²) in [4.78, 5) is 12.5. The number of nitrogen functional groups attached to an aromatic ring is 1. The number of nitrogens with one attached hydrogen (secondary N) is 2. The summed E-state index contributed by atoms with van der Waals surface area (Å²) in [7, 11) is -3.69. The van der Waals surface area contributed by atoms with E-state index in [1.807, 2.05) is 0 Å². The Balaban J connectivity index is 0.00000364. The zero-order chi connectivity index (χ0) is 19.5. The number of amides is 1. The van der Waals surface area contributed by atoms with Crippen LogP contribution in [0.1, 0.15) is 31.9 Å². The summed E-state index contributed by atoms with van der Waals surface area (Å²) in [6.45, 7) is 7.00. The van der Waals surface area contributed by atoms with Crippen LogP contribution >= 0.6 is 12.4 Å². The van der Waals surface area contributed by atoms with Crippen LogP contribution in [0, 0.1) is 6.92 Å². The summed E-state index contributed by atoms with van der Waals surface area (Å²) in [6, 6.07) is 11.9. The lowest BCUT2D eigenvalue weighted by Crippen LogP contribution is -2.40. The van der Waals surface area contributed by atoms with Gasteiger partial charge in [-0.25, -0.2) is 13.1 Å². The summed E-state index contributed by atoms with van der Waals surface area (Å²) in [5, 5.41) is 2.79. The predicted octanol–water partition coefficient (Wildman–Crippen LogP) is 3.26. The number of sulfonamides is 1. The minimum absolute atomic E-state index is 0. The summed E-state index contributed by atoms with van der Waals surface area (Å²) >= 11 is 0. The van der Waals surface area contributed by atoms with Crippen molar-refractivity contribution >= 4 is 39.7 Å². The lowest BCUT2D eigenvalue weighted by molar-refractivity contribution is -0.115. The molecule has 0 aliphatic heterocycles. The number of carbonyl (C=O) groups is 1. The van der Waals surface area contributed by atoms with Gasteiger partial charge in [0.2, 0.25) is 15.9 Å². The molecule has 1 amide bonds. The minimum Gasteiger partial charge on any atom is -0.399 e. The van der Waals surface area contributed by atoms with Crippen molar-refractivity contribution in [3.63, 3.8) is 0 Å². The van der Waals surface area contributed by atoms with Crippen molar-refractivity contribution < 1.29 is 13.2 Å². The first-order valence-electron chi connectivity index (χ1n) is 8.26. The molecule has 6 nitrogen and oxygen atoms in total. The molecule has 0 saturated heterocycles. The predicted molar refractivity (Wildman–Crippen MR) is 112 cm³/mol. The van der Waals surface area contributed by atoms with E-state index in [1.165, 1.54) is 6.07 Å². The van der Waals surface area contributed by atoms with Gasteiger partial charge in [-0.2, -0.15) is 0 Å². The first-order chi connectivity index (χ1) is 12.0. The molecule has 0 atom stereocenters. The van der Waals surface area contributed by atoms with E-state index in [0.29, 0.717) is 16.9 Å². The van der Waals surface area contributed by atoms with Crippen LogP contribution in [-0.2, 0) is 21.2 Å². The Hall–Kier alpha value is -2.09. The molecule has 2 aromatic carbocycles. The van der Waals surface area contributed by atoms with Crippen molar-refractivity contribution in [2.24, 2.45) is 0 Å². The van der Waals surface area contributed by atoms with E-state index >= 15 is 0 Å². The summed E-state index contributed by atoms with van der Waals surface area (Å²) in [5.74, 6) is -0.226. The highest BCUT2D eigenvalue weighted by atomic mass is 35.5. The van der Waals surface area contributed by atoms with Crippen LogP contribution < -0.4 is 15.8 Å². The van der Waals surface area contributed by atoms with Gasteiger partial charge >= 0.3 is 0 Å². The van der Waals surface area contributed by atoms with Crippen LogP contribution in [0.25, 0.3) is 0 Å². The van der Waals surface area contributed by atoms with Gasteiger partial charge in [0.1, 0.15) is 0 Å². The van der Waals surface area contributed by atoms with E-state index in [4.69, 9.17) is 5.73 Å². The largest absolute Gasteiger partial charge is 0.399 e. The third-order valence-corrected chi connectivity index (χ3v) is 5.54. The van der Waals surface area contributed by atoms with Gasteiger partial charge in [-0.15, -0.1) is 12.4 Å². The monoisotopic (exact) mass is 411 g/mol. The van der Waals surface area contributed by atoms with E-state index in [2.05, 4.69) is 10.0 Å². The van der Waals surface area contributed by atoms with Gasteiger partial charge in [0.25, 0.3) is 0 Å². The van der Waals surface area contributed by atoms with Crippen LogP contribution in [0.3, 0.4) is 0 Å². The van der Waals surface area contributed by atoms with Crippen LogP contribution in [0.5, 0.6) is 0 Å². The SMILES string of the molecule is Cc1c(NC(=O)Cc2ccc(N)cc2)cccc1S(=O)(=O)NC(C)(C)C.Cl. The van der Waals surface area contributed by atoms with Gasteiger partial charge in [-0.3, -0.25) is 4.79 Å². The van der Waals surface area contributed by atoms with Crippen molar-refractivity contribution in [3.8, 4) is 0 Å². The topological polar surface area (TPSA) is 101 Å². The summed E-state index contributed by atoms with van der Waals surface area (Å²) < 4.78 is 27.8. The lowest BCUT2D eigenvalue weighted by Gasteiger charge is -2.22. The van der Waals surface area contributed by atoms with E-state index in [9.17, 15) is 13.2 Å². The van der Waals surface area contributed by atoms with Crippen molar-refractivity contribution in [1.29, 1.82) is 0 Å². The van der Waals surface area contributed by atoms with Crippen molar-refractivity contribution in [2.75, 3.05) is 11.1 Å². The Morgan fingerprint density at radius 2 is 1.67 bits per heavy atom. The molecular weight excluding hydrogens is 386 g/mol. The molecule has 0 aliphatic rings. The average molecular weight is 412 g/mol. The molecule has 8 heteroatoms. The molecule has 0 bridgehead atoms. The zero-order valence-corrected chi connectivity index (χ0v) is 17.5. The Kier molecular flexibility index (Phi) is 7.42. The standard InChI is InChI=1S/C19H25N3O3S.ClH/c1-13-16(21-18(23)12-14-8-10-15(20)11-9-14)6-5-7-17(13)26(24,25)22-19(2,3)4;/h5-11,22H,12,20H2,1-4H3,(H,21,23);1H. The van der Waals surface area contributed by atoms with Gasteiger partial charge in [0.05, 0.1) is 11.3 Å². The third-order valence-electron chi connectivity index (χ3n) is 3.63. The molecule has 27 heavy (non-hydrogen) atoms. The molecule has 0 unspecified atom stereocenters. The van der Waals surface area contributed by atoms with E-state index in [-0.39, 0.29) is 29.6 Å². The van der Waals surface area contributed by atoms with Crippen molar-refractivity contribution in [1.82, 2.24) is 4.72 Å². The number of carbonyl (C=O) groups excluding carboxylic acids is 1. The molecular formula is C19H26ClN3O3S. The lowest BCUT2D eigenvalue weighted by atomic mass is 10.1. The van der Waals surface area contributed by atoms with Gasteiger partial charge in [0, 0.05) is 16.9 Å². The smallest absolute Gasteiger partial charge is 0.241 e. The maximum atomic E-state index is 12.6. The molecule has 4 N–H and O–H groups in total. The number of hydrogen-bond donors (Lipinski definition) is 3. The Morgan fingerprint density at radius 1 is 1.07 bits per heavy atom. The van der Waals surface area contributed by atoms with E-state index in [1.54, 1.807) is 64.1 Å². The van der Waals surface area contributed by atoms with Crippen molar-refractivity contribution in [3.05, 3.63) is 53.6 Å². The summed E-state index contributed by atoms with van der Waals surface area (Å²) in [5.41, 5.74) is 7.47. The number of hydrogen-bond acceptors (Lipinski definition) is 4. The second kappa shape index (κ2) is 8.73. The maximum absolute atomic E-state index is 12.6. The molecule has 0 saturated carbocycles. The summed E-state index contributed by atoms with van der Waals surface area (Å²) in [6.07, 6.45) is 0.178. The van der Waals surface area contributed by atoms with Gasteiger partial charge in [-0.1, -0.05) is 18.2 Å². The fraction of sp³-hybridized carbons (Fsp3) is 0.316. The van der Waals surface area contributed by atoms with Gasteiger partial charge in [0.15, 0.2) is 0 Å². The number of halogens is 1. The Morgan fingerprint density at radius 3 is 2.22 bits per heavy atom. The zero-order valence-electron chi connectivity index (χ0n) is 15.9. The molecule has 0 heterocycles. The number of benzene rings is 2. The molecule has 0 aliphatic carbocycles. The minimum atomic E-state index is -3.69. The Bertz CT molecular complexity index is 905. The molecule has 148 valence electrons. The van der Waals surface area contributed by atoms with Gasteiger partial charge in [-0.05, 0) is 63.1 Å². The van der Waals surface area contributed by atoms with E-state index in [0.717, 1.165) is 5.56 Å².